The van der Waals surface area contributed by atoms with Crippen LogP contribution in [-0.4, -0.2) is 39.6 Å². The Morgan fingerprint density at radius 1 is 1.39 bits per heavy atom. The Hall–Kier alpha value is -1.80. The highest BCUT2D eigenvalue weighted by atomic mass is 28.1. The lowest BCUT2D eigenvalue weighted by molar-refractivity contribution is -0.140. The van der Waals surface area contributed by atoms with Crippen LogP contribution in [-0.2, 0) is 28.7 Å². The number of hydrogen-bond donors (Lipinski definition) is 1. The van der Waals surface area contributed by atoms with E-state index in [1.807, 2.05) is 0 Å². The zero-order chi connectivity index (χ0) is 17.4. The summed E-state index contributed by atoms with van der Waals surface area (Å²) in [6.07, 6.45) is -4.55. The fourth-order valence-corrected chi connectivity index (χ4v) is 3.01. The number of fused-ring (bicyclic) bond motifs is 1. The van der Waals surface area contributed by atoms with Crippen molar-refractivity contribution in [2.24, 2.45) is 0 Å². The molecular formula is C15H15F3NO3Si. The minimum absolute atomic E-state index is 0.0473. The molecule has 1 heterocycles. The minimum atomic E-state index is -4.50. The summed E-state index contributed by atoms with van der Waals surface area (Å²) in [5, 5.41) is 9.61. The van der Waals surface area contributed by atoms with E-state index in [1.165, 1.54) is 13.2 Å². The monoisotopic (exact) mass is 342 g/mol. The van der Waals surface area contributed by atoms with Gasteiger partial charge in [-0.15, -0.1) is 0 Å². The SMILES string of the molecule is COC(=O)Cc1c(C)n(CCO)c2cc(C(F)(F)F)c([Si])cc12. The van der Waals surface area contributed by atoms with Crippen molar-refractivity contribution in [3.05, 3.63) is 29.0 Å². The third kappa shape index (κ3) is 3.27. The molecule has 0 aliphatic rings. The first kappa shape index (κ1) is 17.5. The second-order valence-electron chi connectivity index (χ2n) is 5.10. The summed E-state index contributed by atoms with van der Waals surface area (Å²) in [6, 6.07) is 2.38. The van der Waals surface area contributed by atoms with Gasteiger partial charge in [-0.3, -0.25) is 4.79 Å². The van der Waals surface area contributed by atoms with Gasteiger partial charge in [-0.1, -0.05) is 11.3 Å². The number of nitrogens with zero attached hydrogens (tertiary/aromatic N) is 1. The lowest BCUT2D eigenvalue weighted by Gasteiger charge is -2.12. The Kier molecular flexibility index (Phi) is 4.86. The zero-order valence-corrected chi connectivity index (χ0v) is 13.6. The van der Waals surface area contributed by atoms with Gasteiger partial charge < -0.3 is 14.4 Å². The van der Waals surface area contributed by atoms with E-state index in [1.54, 1.807) is 11.5 Å². The number of carbonyl (C=O) groups is 1. The maximum absolute atomic E-state index is 13.1. The van der Waals surface area contributed by atoms with Gasteiger partial charge in [-0.25, -0.2) is 0 Å². The van der Waals surface area contributed by atoms with Gasteiger partial charge in [-0.2, -0.15) is 13.2 Å². The van der Waals surface area contributed by atoms with E-state index in [-0.39, 0.29) is 24.8 Å². The Bertz CT molecular complexity index is 753. The fourth-order valence-electron chi connectivity index (χ4n) is 2.65. The van der Waals surface area contributed by atoms with E-state index in [0.29, 0.717) is 22.2 Å². The van der Waals surface area contributed by atoms with Crippen molar-refractivity contribution >= 4 is 32.3 Å². The number of aromatic nitrogens is 1. The molecule has 3 radical (unpaired) electrons. The summed E-state index contributed by atoms with van der Waals surface area (Å²) >= 11 is 0. The average molecular weight is 342 g/mol. The molecule has 0 aliphatic carbocycles. The number of esters is 1. The molecule has 23 heavy (non-hydrogen) atoms. The standard InChI is InChI=1S/C15H15F3NO3Si/c1-8-9(6-14(21)22-2)10-5-13(23)11(15(16,17)18)7-12(10)19(8)3-4-20/h5,7,20H,3-4,6H2,1-2H3. The predicted octanol–water partition coefficient (Wildman–Crippen LogP) is 1.47. The van der Waals surface area contributed by atoms with E-state index < -0.39 is 17.7 Å². The number of hydrogen-bond acceptors (Lipinski definition) is 3. The maximum atomic E-state index is 13.1. The Morgan fingerprint density at radius 2 is 2.04 bits per heavy atom. The molecule has 0 atom stereocenters. The van der Waals surface area contributed by atoms with Crippen LogP contribution in [0.2, 0.25) is 0 Å². The van der Waals surface area contributed by atoms with Crippen LogP contribution in [0.25, 0.3) is 10.9 Å². The summed E-state index contributed by atoms with van der Waals surface area (Å²) in [4.78, 5) is 11.6. The quantitative estimate of drug-likeness (QED) is 0.676. The third-order valence-electron chi connectivity index (χ3n) is 3.77. The molecule has 0 fully saturated rings. The first-order chi connectivity index (χ1) is 10.7. The van der Waals surface area contributed by atoms with Crippen molar-refractivity contribution in [3.8, 4) is 0 Å². The molecule has 123 valence electrons. The van der Waals surface area contributed by atoms with E-state index in [2.05, 4.69) is 15.0 Å². The van der Waals surface area contributed by atoms with E-state index in [9.17, 15) is 23.1 Å². The normalized spacial score (nSPS) is 12.0. The highest BCUT2D eigenvalue weighted by molar-refractivity contribution is 6.34. The molecule has 0 aliphatic heterocycles. The summed E-state index contributed by atoms with van der Waals surface area (Å²) in [7, 11) is 4.26. The first-order valence-corrected chi connectivity index (χ1v) is 7.32. The van der Waals surface area contributed by atoms with E-state index in [4.69, 9.17) is 0 Å². The van der Waals surface area contributed by atoms with Crippen LogP contribution >= 0.6 is 0 Å². The lowest BCUT2D eigenvalue weighted by atomic mass is 10.1. The predicted molar refractivity (Wildman–Crippen MR) is 79.9 cm³/mol. The van der Waals surface area contributed by atoms with Crippen molar-refractivity contribution in [3.63, 3.8) is 0 Å². The number of methoxy groups -OCH3 is 1. The molecule has 2 aromatic rings. The Labute approximate surface area is 134 Å². The van der Waals surface area contributed by atoms with Gasteiger partial charge in [0, 0.05) is 23.1 Å². The molecule has 0 spiro atoms. The van der Waals surface area contributed by atoms with Gasteiger partial charge in [0.2, 0.25) is 0 Å². The molecule has 8 heteroatoms. The second kappa shape index (κ2) is 6.36. The number of ether oxygens (including phenoxy) is 1. The van der Waals surface area contributed by atoms with Crippen molar-refractivity contribution in [2.75, 3.05) is 13.7 Å². The summed E-state index contributed by atoms with van der Waals surface area (Å²) in [6.45, 7) is 1.62. The van der Waals surface area contributed by atoms with Crippen molar-refractivity contribution < 1.29 is 27.8 Å². The molecule has 0 saturated carbocycles. The van der Waals surface area contributed by atoms with Crippen molar-refractivity contribution in [2.45, 2.75) is 26.1 Å². The van der Waals surface area contributed by atoms with Crippen LogP contribution in [0.15, 0.2) is 12.1 Å². The van der Waals surface area contributed by atoms with Crippen LogP contribution < -0.4 is 5.19 Å². The fraction of sp³-hybridized carbons (Fsp3) is 0.400. The average Bonchev–Trinajstić information content (AvgIpc) is 2.71. The maximum Gasteiger partial charge on any atom is 0.416 e. The van der Waals surface area contributed by atoms with Gasteiger partial charge in [0.25, 0.3) is 0 Å². The van der Waals surface area contributed by atoms with E-state index >= 15 is 0 Å². The van der Waals surface area contributed by atoms with Gasteiger partial charge in [-0.05, 0) is 18.6 Å². The number of aliphatic hydroxyl groups excluding tert-OH is 1. The third-order valence-corrected chi connectivity index (χ3v) is 4.18. The lowest BCUT2D eigenvalue weighted by Crippen LogP contribution is -2.20. The van der Waals surface area contributed by atoms with Gasteiger partial charge in [0.05, 0.1) is 35.9 Å². The molecule has 0 unspecified atom stereocenters. The van der Waals surface area contributed by atoms with Gasteiger partial charge >= 0.3 is 12.1 Å². The smallest absolute Gasteiger partial charge is 0.416 e. The summed E-state index contributed by atoms with van der Waals surface area (Å²) < 4.78 is 45.5. The van der Waals surface area contributed by atoms with Gasteiger partial charge in [0.15, 0.2) is 0 Å². The largest absolute Gasteiger partial charge is 0.469 e. The van der Waals surface area contributed by atoms with Crippen LogP contribution in [0, 0.1) is 6.92 Å². The molecule has 0 bridgehead atoms. The molecular weight excluding hydrogens is 327 g/mol. The molecule has 1 aromatic heterocycles. The van der Waals surface area contributed by atoms with Gasteiger partial charge in [0.1, 0.15) is 0 Å². The number of rotatable bonds is 4. The topological polar surface area (TPSA) is 51.5 Å². The molecule has 0 saturated heterocycles. The molecule has 1 aromatic carbocycles. The van der Waals surface area contributed by atoms with Crippen molar-refractivity contribution in [1.82, 2.24) is 4.57 Å². The van der Waals surface area contributed by atoms with E-state index in [0.717, 1.165) is 6.07 Å². The molecule has 2 rings (SSSR count). The molecule has 4 nitrogen and oxygen atoms in total. The number of alkyl halides is 3. The number of benzene rings is 1. The number of carbonyl (C=O) groups excluding carboxylic acids is 1. The molecule has 1 N–H and O–H groups in total. The molecule has 0 amide bonds. The van der Waals surface area contributed by atoms with Crippen LogP contribution in [0.3, 0.4) is 0 Å². The second-order valence-corrected chi connectivity index (χ2v) is 5.64. The first-order valence-electron chi connectivity index (χ1n) is 6.82. The van der Waals surface area contributed by atoms with Crippen LogP contribution in [0.4, 0.5) is 13.2 Å². The zero-order valence-electron chi connectivity index (χ0n) is 12.6. The Balaban J connectivity index is 2.75. The van der Waals surface area contributed by atoms with Crippen molar-refractivity contribution in [1.29, 1.82) is 0 Å². The highest BCUT2D eigenvalue weighted by Gasteiger charge is 2.33. The van der Waals surface area contributed by atoms with Crippen LogP contribution in [0.5, 0.6) is 0 Å². The number of halogens is 3. The number of aliphatic hydroxyl groups is 1. The minimum Gasteiger partial charge on any atom is -0.469 e. The highest BCUT2D eigenvalue weighted by Crippen LogP contribution is 2.33. The summed E-state index contributed by atoms with van der Waals surface area (Å²) in [5.41, 5.74) is 0.742. The summed E-state index contributed by atoms with van der Waals surface area (Å²) in [5.74, 6) is -0.480. The Morgan fingerprint density at radius 3 is 2.57 bits per heavy atom. The van der Waals surface area contributed by atoms with Crippen LogP contribution in [0.1, 0.15) is 16.8 Å².